The van der Waals surface area contributed by atoms with E-state index >= 15 is 0 Å². The van der Waals surface area contributed by atoms with Crippen LogP contribution in [0.3, 0.4) is 0 Å². The van der Waals surface area contributed by atoms with Crippen LogP contribution in [-0.4, -0.2) is 30.8 Å². The second-order valence-electron chi connectivity index (χ2n) is 6.58. The quantitative estimate of drug-likeness (QED) is 0.863. The predicted molar refractivity (Wildman–Crippen MR) is 93.0 cm³/mol. The third-order valence-corrected chi connectivity index (χ3v) is 4.89. The number of rotatable bonds is 3. The number of ether oxygens (including phenoxy) is 3. The van der Waals surface area contributed by atoms with Gasteiger partial charge in [-0.1, -0.05) is 12.1 Å². The van der Waals surface area contributed by atoms with Gasteiger partial charge in [-0.3, -0.25) is 4.79 Å². The summed E-state index contributed by atoms with van der Waals surface area (Å²) in [6.07, 6.45) is 1.21. The second kappa shape index (κ2) is 6.31. The molecule has 0 fully saturated rings. The Labute approximate surface area is 147 Å². The van der Waals surface area contributed by atoms with Crippen LogP contribution in [-0.2, 0) is 24.2 Å². The number of carbonyl (C=O) groups is 1. The van der Waals surface area contributed by atoms with Gasteiger partial charge in [-0.05, 0) is 54.3 Å². The van der Waals surface area contributed by atoms with Gasteiger partial charge < -0.3 is 19.1 Å². The van der Waals surface area contributed by atoms with Crippen LogP contribution in [0.1, 0.15) is 23.6 Å². The van der Waals surface area contributed by atoms with E-state index in [0.717, 1.165) is 34.8 Å². The van der Waals surface area contributed by atoms with Gasteiger partial charge in [0, 0.05) is 12.6 Å². The Bertz CT molecular complexity index is 817. The summed E-state index contributed by atoms with van der Waals surface area (Å²) in [5.74, 6) is 2.48. The summed E-state index contributed by atoms with van der Waals surface area (Å²) in [4.78, 5) is 14.8. The monoisotopic (exact) mass is 339 g/mol. The molecule has 1 atom stereocenters. The number of hydrogen-bond acceptors (Lipinski definition) is 4. The molecule has 0 bridgehead atoms. The minimum absolute atomic E-state index is 0.129. The van der Waals surface area contributed by atoms with Crippen molar-refractivity contribution in [3.05, 3.63) is 53.1 Å². The molecule has 2 aliphatic heterocycles. The number of nitrogens with zero attached hydrogens (tertiary/aromatic N) is 1. The first-order valence-electron chi connectivity index (χ1n) is 8.48. The first kappa shape index (κ1) is 15.8. The highest BCUT2D eigenvalue weighted by Gasteiger charge is 2.29. The molecule has 0 aromatic heterocycles. The minimum atomic E-state index is 0.129. The summed E-state index contributed by atoms with van der Waals surface area (Å²) >= 11 is 0. The van der Waals surface area contributed by atoms with Crippen molar-refractivity contribution >= 4 is 5.91 Å². The van der Waals surface area contributed by atoms with Crippen molar-refractivity contribution in [3.63, 3.8) is 0 Å². The average Bonchev–Trinajstić information content (AvgIpc) is 3.06. The van der Waals surface area contributed by atoms with Crippen LogP contribution >= 0.6 is 0 Å². The molecule has 0 aliphatic carbocycles. The Balaban J connectivity index is 1.53. The lowest BCUT2D eigenvalue weighted by molar-refractivity contribution is -0.133. The maximum Gasteiger partial charge on any atom is 0.231 e. The fraction of sp³-hybridized carbons (Fsp3) is 0.350. The molecule has 25 heavy (non-hydrogen) atoms. The summed E-state index contributed by atoms with van der Waals surface area (Å²) in [6.45, 7) is 2.97. The third kappa shape index (κ3) is 3.02. The largest absolute Gasteiger partial charge is 0.497 e. The number of amides is 1. The van der Waals surface area contributed by atoms with Crippen LogP contribution in [0.25, 0.3) is 0 Å². The highest BCUT2D eigenvalue weighted by molar-refractivity contribution is 5.79. The summed E-state index contributed by atoms with van der Waals surface area (Å²) in [6, 6.07) is 11.9. The van der Waals surface area contributed by atoms with Crippen LogP contribution in [0.4, 0.5) is 0 Å². The van der Waals surface area contributed by atoms with Gasteiger partial charge >= 0.3 is 0 Å². The van der Waals surface area contributed by atoms with E-state index in [9.17, 15) is 4.79 Å². The second-order valence-corrected chi connectivity index (χ2v) is 6.58. The third-order valence-electron chi connectivity index (χ3n) is 4.89. The van der Waals surface area contributed by atoms with E-state index < -0.39 is 0 Å². The van der Waals surface area contributed by atoms with Crippen molar-refractivity contribution in [2.45, 2.75) is 32.4 Å². The van der Waals surface area contributed by atoms with Gasteiger partial charge in [0.05, 0.1) is 13.5 Å². The molecule has 2 aromatic carbocycles. The average molecular weight is 339 g/mol. The molecular weight excluding hydrogens is 318 g/mol. The summed E-state index contributed by atoms with van der Waals surface area (Å²) < 4.78 is 16.2. The Morgan fingerprint density at radius 3 is 2.72 bits per heavy atom. The molecule has 0 N–H and O–H groups in total. The molecule has 0 saturated carbocycles. The molecule has 1 unspecified atom stereocenters. The molecular formula is C20H21NO4. The topological polar surface area (TPSA) is 48.0 Å². The molecule has 5 heteroatoms. The van der Waals surface area contributed by atoms with E-state index in [4.69, 9.17) is 14.2 Å². The smallest absolute Gasteiger partial charge is 0.231 e. The molecule has 0 saturated heterocycles. The molecule has 2 aliphatic rings. The Kier molecular flexibility index (Phi) is 3.99. The molecule has 2 heterocycles. The predicted octanol–water partition coefficient (Wildman–Crippen LogP) is 2.94. The van der Waals surface area contributed by atoms with Crippen molar-refractivity contribution < 1.29 is 19.0 Å². The SMILES string of the molecule is COc1cccc(CC(=O)N2Cc3cc4c(cc3CC2C)OCO4)c1. The number of carbonyl (C=O) groups excluding carboxylic acids is 1. The zero-order valence-electron chi connectivity index (χ0n) is 14.5. The van der Waals surface area contributed by atoms with E-state index in [1.165, 1.54) is 5.56 Å². The fourth-order valence-corrected chi connectivity index (χ4v) is 3.52. The molecule has 2 aromatic rings. The van der Waals surface area contributed by atoms with Crippen molar-refractivity contribution in [1.82, 2.24) is 4.90 Å². The number of benzene rings is 2. The molecule has 5 nitrogen and oxygen atoms in total. The van der Waals surface area contributed by atoms with Crippen LogP contribution in [0.2, 0.25) is 0 Å². The van der Waals surface area contributed by atoms with E-state index in [1.807, 2.05) is 35.2 Å². The fourth-order valence-electron chi connectivity index (χ4n) is 3.52. The van der Waals surface area contributed by atoms with Gasteiger partial charge in [0.1, 0.15) is 5.75 Å². The first-order chi connectivity index (χ1) is 12.1. The maximum absolute atomic E-state index is 12.9. The molecule has 130 valence electrons. The molecule has 1 amide bonds. The highest BCUT2D eigenvalue weighted by atomic mass is 16.7. The van der Waals surface area contributed by atoms with Crippen molar-refractivity contribution in [2.24, 2.45) is 0 Å². The lowest BCUT2D eigenvalue weighted by Crippen LogP contribution is -2.43. The van der Waals surface area contributed by atoms with Gasteiger partial charge in [-0.25, -0.2) is 0 Å². The van der Waals surface area contributed by atoms with E-state index in [0.29, 0.717) is 13.0 Å². The van der Waals surface area contributed by atoms with E-state index in [2.05, 4.69) is 13.0 Å². The Morgan fingerprint density at radius 2 is 1.96 bits per heavy atom. The summed E-state index contributed by atoms with van der Waals surface area (Å²) in [5, 5.41) is 0. The summed E-state index contributed by atoms with van der Waals surface area (Å²) in [7, 11) is 1.63. The van der Waals surface area contributed by atoms with Crippen LogP contribution in [0.5, 0.6) is 17.2 Å². The maximum atomic E-state index is 12.9. The zero-order chi connectivity index (χ0) is 17.4. The lowest BCUT2D eigenvalue weighted by atomic mass is 9.93. The standard InChI is InChI=1S/C20H21NO4/c1-13-6-15-9-18-19(25-12-24-18)10-16(15)11-21(13)20(22)8-14-4-3-5-17(7-14)23-2/h3-5,7,9-10,13H,6,8,11-12H2,1-2H3. The van der Waals surface area contributed by atoms with Crippen LogP contribution in [0, 0.1) is 0 Å². The van der Waals surface area contributed by atoms with Crippen molar-refractivity contribution in [3.8, 4) is 17.2 Å². The Morgan fingerprint density at radius 1 is 1.20 bits per heavy atom. The van der Waals surface area contributed by atoms with E-state index in [-0.39, 0.29) is 18.7 Å². The highest BCUT2D eigenvalue weighted by Crippen LogP contribution is 2.37. The van der Waals surface area contributed by atoms with Crippen LogP contribution < -0.4 is 14.2 Å². The van der Waals surface area contributed by atoms with Crippen molar-refractivity contribution in [1.29, 1.82) is 0 Å². The zero-order valence-corrected chi connectivity index (χ0v) is 14.5. The van der Waals surface area contributed by atoms with Gasteiger partial charge in [0.25, 0.3) is 0 Å². The van der Waals surface area contributed by atoms with Gasteiger partial charge in [0.2, 0.25) is 12.7 Å². The lowest BCUT2D eigenvalue weighted by Gasteiger charge is -2.35. The Hall–Kier alpha value is -2.69. The van der Waals surface area contributed by atoms with E-state index in [1.54, 1.807) is 7.11 Å². The summed E-state index contributed by atoms with van der Waals surface area (Å²) in [5.41, 5.74) is 3.34. The minimum Gasteiger partial charge on any atom is -0.497 e. The normalized spacial score (nSPS) is 18.0. The molecule has 0 radical (unpaired) electrons. The van der Waals surface area contributed by atoms with Crippen LogP contribution in [0.15, 0.2) is 36.4 Å². The number of methoxy groups -OCH3 is 1. The van der Waals surface area contributed by atoms with Gasteiger partial charge in [-0.2, -0.15) is 0 Å². The molecule has 4 rings (SSSR count). The molecule has 0 spiro atoms. The van der Waals surface area contributed by atoms with Gasteiger partial charge in [0.15, 0.2) is 11.5 Å². The first-order valence-corrected chi connectivity index (χ1v) is 8.48. The van der Waals surface area contributed by atoms with Crippen molar-refractivity contribution in [2.75, 3.05) is 13.9 Å². The number of hydrogen-bond donors (Lipinski definition) is 0. The van der Waals surface area contributed by atoms with Gasteiger partial charge in [-0.15, -0.1) is 0 Å². The number of fused-ring (bicyclic) bond motifs is 2.